The molecule has 1 aromatic heterocycles. The Hall–Kier alpha value is -1.65. The van der Waals surface area contributed by atoms with Crippen LogP contribution in [0.4, 0.5) is 5.82 Å². The van der Waals surface area contributed by atoms with Gasteiger partial charge < -0.3 is 10.0 Å². The Kier molecular flexibility index (Phi) is 4.22. The second kappa shape index (κ2) is 5.44. The summed E-state index contributed by atoms with van der Waals surface area (Å²) in [6, 6.07) is 0. The van der Waals surface area contributed by atoms with Crippen LogP contribution in [0.1, 0.15) is 30.8 Å². The molecule has 88 valence electrons. The number of nitrogens with zero attached hydrogens (tertiary/aromatic N) is 3. The van der Waals surface area contributed by atoms with Gasteiger partial charge in [-0.25, -0.2) is 14.8 Å². The van der Waals surface area contributed by atoms with Gasteiger partial charge in [-0.3, -0.25) is 0 Å². The average molecular weight is 223 g/mol. The van der Waals surface area contributed by atoms with Gasteiger partial charge in [-0.2, -0.15) is 0 Å². The molecule has 0 fully saturated rings. The quantitative estimate of drug-likeness (QED) is 0.822. The predicted molar refractivity (Wildman–Crippen MR) is 61.7 cm³/mol. The maximum atomic E-state index is 10.6. The summed E-state index contributed by atoms with van der Waals surface area (Å²) < 4.78 is 0. The molecule has 0 aliphatic carbocycles. The van der Waals surface area contributed by atoms with Gasteiger partial charge in [-0.05, 0) is 5.92 Å². The lowest BCUT2D eigenvalue weighted by Crippen LogP contribution is -2.24. The summed E-state index contributed by atoms with van der Waals surface area (Å²) in [6.45, 7) is 5.19. The molecule has 1 unspecified atom stereocenters. The number of hydrogen-bond acceptors (Lipinski definition) is 4. The molecule has 0 aliphatic heterocycles. The van der Waals surface area contributed by atoms with Crippen molar-refractivity contribution in [1.82, 2.24) is 9.97 Å². The maximum Gasteiger partial charge on any atom is 0.356 e. The van der Waals surface area contributed by atoms with Gasteiger partial charge in [0.05, 0.1) is 12.4 Å². The molecule has 1 rings (SSSR count). The number of carbonyl (C=O) groups is 1. The summed E-state index contributed by atoms with van der Waals surface area (Å²) in [6.07, 6.45) is 3.88. The second-order valence-corrected chi connectivity index (χ2v) is 3.96. The summed E-state index contributed by atoms with van der Waals surface area (Å²) in [4.78, 5) is 20.5. The van der Waals surface area contributed by atoms with E-state index in [2.05, 4.69) is 23.8 Å². The van der Waals surface area contributed by atoms with Gasteiger partial charge in [-0.1, -0.05) is 20.3 Å². The molecule has 0 bridgehead atoms. The Morgan fingerprint density at radius 3 is 2.62 bits per heavy atom. The molecule has 0 saturated carbocycles. The Morgan fingerprint density at radius 1 is 1.50 bits per heavy atom. The zero-order chi connectivity index (χ0) is 12.1. The first-order valence-electron chi connectivity index (χ1n) is 5.31. The van der Waals surface area contributed by atoms with E-state index in [1.54, 1.807) is 0 Å². The summed E-state index contributed by atoms with van der Waals surface area (Å²) in [5, 5.41) is 8.68. The maximum absolute atomic E-state index is 10.6. The smallest absolute Gasteiger partial charge is 0.356 e. The lowest BCUT2D eigenvalue weighted by molar-refractivity contribution is 0.0690. The number of rotatable bonds is 5. The fourth-order valence-electron chi connectivity index (χ4n) is 1.32. The molecule has 0 amide bonds. The van der Waals surface area contributed by atoms with Crippen molar-refractivity contribution in [1.29, 1.82) is 0 Å². The zero-order valence-electron chi connectivity index (χ0n) is 9.84. The zero-order valence-corrected chi connectivity index (χ0v) is 9.84. The van der Waals surface area contributed by atoms with Crippen molar-refractivity contribution in [3.05, 3.63) is 18.1 Å². The van der Waals surface area contributed by atoms with E-state index in [0.29, 0.717) is 11.7 Å². The van der Waals surface area contributed by atoms with Crippen molar-refractivity contribution in [3.8, 4) is 0 Å². The summed E-state index contributed by atoms with van der Waals surface area (Å²) >= 11 is 0. The largest absolute Gasteiger partial charge is 0.476 e. The summed E-state index contributed by atoms with van der Waals surface area (Å²) in [5.41, 5.74) is -0.0271. The van der Waals surface area contributed by atoms with Gasteiger partial charge in [0, 0.05) is 13.6 Å². The molecule has 1 heterocycles. The van der Waals surface area contributed by atoms with Crippen molar-refractivity contribution in [2.45, 2.75) is 20.3 Å². The molecule has 1 aromatic rings. The third-order valence-corrected chi connectivity index (χ3v) is 2.53. The first-order valence-corrected chi connectivity index (χ1v) is 5.31. The van der Waals surface area contributed by atoms with E-state index in [-0.39, 0.29) is 5.69 Å². The Morgan fingerprint density at radius 2 is 2.19 bits per heavy atom. The van der Waals surface area contributed by atoms with Crippen LogP contribution >= 0.6 is 0 Å². The predicted octanol–water partition coefficient (Wildman–Crippen LogP) is 1.66. The van der Waals surface area contributed by atoms with Crippen LogP contribution in [-0.4, -0.2) is 34.6 Å². The van der Waals surface area contributed by atoms with E-state index in [1.807, 2.05) is 11.9 Å². The molecule has 5 heteroatoms. The van der Waals surface area contributed by atoms with Crippen LogP contribution in [-0.2, 0) is 0 Å². The fraction of sp³-hybridized carbons (Fsp3) is 0.545. The van der Waals surface area contributed by atoms with E-state index >= 15 is 0 Å². The number of aromatic carboxylic acids is 1. The van der Waals surface area contributed by atoms with Gasteiger partial charge >= 0.3 is 5.97 Å². The van der Waals surface area contributed by atoms with E-state index in [9.17, 15) is 4.79 Å². The van der Waals surface area contributed by atoms with Gasteiger partial charge in [0.15, 0.2) is 5.69 Å². The Bertz CT molecular complexity index is 351. The Balaban J connectivity index is 2.70. The average Bonchev–Trinajstić information content (AvgIpc) is 2.28. The van der Waals surface area contributed by atoms with Crippen LogP contribution < -0.4 is 4.90 Å². The minimum absolute atomic E-state index is 0.0271. The highest BCUT2D eigenvalue weighted by Crippen LogP contribution is 2.10. The van der Waals surface area contributed by atoms with Crippen LogP contribution in [0.2, 0.25) is 0 Å². The van der Waals surface area contributed by atoms with Gasteiger partial charge in [0.2, 0.25) is 0 Å². The fourth-order valence-corrected chi connectivity index (χ4v) is 1.32. The van der Waals surface area contributed by atoms with Crippen LogP contribution in [0, 0.1) is 5.92 Å². The second-order valence-electron chi connectivity index (χ2n) is 3.96. The standard InChI is InChI=1S/C11H17N3O2/c1-4-8(2)7-14(3)10-6-12-9(5-13-10)11(15)16/h5-6,8H,4,7H2,1-3H3,(H,15,16). The molecule has 0 aliphatic rings. The first kappa shape index (κ1) is 12.4. The number of carboxylic acids is 1. The molecule has 1 N–H and O–H groups in total. The molecular formula is C11H17N3O2. The normalized spacial score (nSPS) is 12.2. The summed E-state index contributed by atoms with van der Waals surface area (Å²) in [5.74, 6) is 0.222. The van der Waals surface area contributed by atoms with Crippen molar-refractivity contribution in [3.63, 3.8) is 0 Å². The Labute approximate surface area is 95.1 Å². The number of hydrogen-bond donors (Lipinski definition) is 1. The third kappa shape index (κ3) is 3.18. The van der Waals surface area contributed by atoms with Gasteiger partial charge in [0.25, 0.3) is 0 Å². The minimum Gasteiger partial charge on any atom is -0.476 e. The topological polar surface area (TPSA) is 66.3 Å². The highest BCUT2D eigenvalue weighted by Gasteiger charge is 2.09. The lowest BCUT2D eigenvalue weighted by atomic mass is 10.1. The summed E-state index contributed by atoms with van der Waals surface area (Å²) in [7, 11) is 1.93. The van der Waals surface area contributed by atoms with Crippen molar-refractivity contribution >= 4 is 11.8 Å². The number of anilines is 1. The lowest BCUT2D eigenvalue weighted by Gasteiger charge is -2.21. The SMILES string of the molecule is CCC(C)CN(C)c1cnc(C(=O)O)cn1. The van der Waals surface area contributed by atoms with E-state index < -0.39 is 5.97 Å². The van der Waals surface area contributed by atoms with Crippen molar-refractivity contribution < 1.29 is 9.90 Å². The molecule has 5 nitrogen and oxygen atoms in total. The molecule has 16 heavy (non-hydrogen) atoms. The molecule has 1 atom stereocenters. The highest BCUT2D eigenvalue weighted by molar-refractivity contribution is 5.84. The molecule has 0 radical (unpaired) electrons. The van der Waals surface area contributed by atoms with Crippen LogP contribution in [0.3, 0.4) is 0 Å². The van der Waals surface area contributed by atoms with Crippen LogP contribution in [0.5, 0.6) is 0 Å². The number of aromatic nitrogens is 2. The van der Waals surface area contributed by atoms with Gasteiger partial charge in [-0.15, -0.1) is 0 Å². The van der Waals surface area contributed by atoms with E-state index in [4.69, 9.17) is 5.11 Å². The highest BCUT2D eigenvalue weighted by atomic mass is 16.4. The first-order chi connectivity index (χ1) is 7.54. The van der Waals surface area contributed by atoms with E-state index in [0.717, 1.165) is 13.0 Å². The van der Waals surface area contributed by atoms with Crippen LogP contribution in [0.25, 0.3) is 0 Å². The van der Waals surface area contributed by atoms with Crippen molar-refractivity contribution in [2.75, 3.05) is 18.5 Å². The monoisotopic (exact) mass is 223 g/mol. The van der Waals surface area contributed by atoms with Gasteiger partial charge in [0.1, 0.15) is 5.82 Å². The molecule has 0 saturated heterocycles. The minimum atomic E-state index is -1.05. The third-order valence-electron chi connectivity index (χ3n) is 2.53. The van der Waals surface area contributed by atoms with E-state index in [1.165, 1.54) is 12.4 Å². The molecule has 0 spiro atoms. The van der Waals surface area contributed by atoms with Crippen LogP contribution in [0.15, 0.2) is 12.4 Å². The molecule has 0 aromatic carbocycles. The number of carboxylic acid groups (broad SMARTS) is 1. The molecular weight excluding hydrogens is 206 g/mol. The van der Waals surface area contributed by atoms with Crippen molar-refractivity contribution in [2.24, 2.45) is 5.92 Å².